The molecule has 150 valence electrons. The summed E-state index contributed by atoms with van der Waals surface area (Å²) in [6.45, 7) is 7.87. The van der Waals surface area contributed by atoms with Gasteiger partial charge in [0.1, 0.15) is 0 Å². The Balaban J connectivity index is 1.81. The third-order valence-corrected chi connectivity index (χ3v) is 5.97. The molecular weight excluding hydrogens is 336 g/mol. The summed E-state index contributed by atoms with van der Waals surface area (Å²) in [6, 6.07) is 9.21. The summed E-state index contributed by atoms with van der Waals surface area (Å²) in [5, 5.41) is 9.72. The van der Waals surface area contributed by atoms with Crippen molar-refractivity contribution < 1.29 is 14.6 Å². The fraction of sp³-hybridized carbons (Fsp3) is 0.625. The zero-order chi connectivity index (χ0) is 19.6. The van der Waals surface area contributed by atoms with Crippen molar-refractivity contribution in [3.8, 4) is 0 Å². The van der Waals surface area contributed by atoms with E-state index in [-0.39, 0.29) is 18.5 Å². The predicted octanol–water partition coefficient (Wildman–Crippen LogP) is 5.42. The highest BCUT2D eigenvalue weighted by Gasteiger charge is 2.28. The molecular formula is C24H36O3. The minimum atomic E-state index is -0.360. The Morgan fingerprint density at radius 2 is 1.85 bits per heavy atom. The molecule has 0 bridgehead atoms. The number of carbonyl (C=O) groups excluding carboxylic acids is 1. The lowest BCUT2D eigenvalue weighted by atomic mass is 9.74. The quantitative estimate of drug-likeness (QED) is 0.339. The number of benzene rings is 1. The van der Waals surface area contributed by atoms with Crippen molar-refractivity contribution in [3.63, 3.8) is 0 Å². The van der Waals surface area contributed by atoms with Crippen molar-refractivity contribution in [1.29, 1.82) is 0 Å². The van der Waals surface area contributed by atoms with Crippen LogP contribution in [0.3, 0.4) is 0 Å². The first-order valence-corrected chi connectivity index (χ1v) is 10.6. The van der Waals surface area contributed by atoms with Crippen LogP contribution in [-0.2, 0) is 16.0 Å². The van der Waals surface area contributed by atoms with Gasteiger partial charge >= 0.3 is 5.97 Å². The standard InChI is InChI=1S/C24H36O3/c1-4-5-6-7-19-8-10-20(11-9-19)21-12-14-22(15-13-21)23(16-25)17-27-24(26)18(2)3/h8-11,21-23,25H,2,4-7,12-17H2,1,3H3. The van der Waals surface area contributed by atoms with E-state index in [9.17, 15) is 9.90 Å². The number of aryl methyl sites for hydroxylation is 1. The van der Waals surface area contributed by atoms with Crippen molar-refractivity contribution in [3.05, 3.63) is 47.5 Å². The molecule has 3 heteroatoms. The predicted molar refractivity (Wildman–Crippen MR) is 111 cm³/mol. The molecule has 0 heterocycles. The van der Waals surface area contributed by atoms with Gasteiger partial charge in [0.25, 0.3) is 0 Å². The number of rotatable bonds is 10. The second-order valence-electron chi connectivity index (χ2n) is 8.13. The fourth-order valence-electron chi connectivity index (χ4n) is 4.10. The van der Waals surface area contributed by atoms with Crippen LogP contribution >= 0.6 is 0 Å². The van der Waals surface area contributed by atoms with Gasteiger partial charge in [-0.05, 0) is 68.4 Å². The molecule has 0 spiro atoms. The number of esters is 1. The highest BCUT2D eigenvalue weighted by Crippen LogP contribution is 2.39. The smallest absolute Gasteiger partial charge is 0.333 e. The van der Waals surface area contributed by atoms with Crippen molar-refractivity contribution in [2.75, 3.05) is 13.2 Å². The highest BCUT2D eigenvalue weighted by atomic mass is 16.5. The Labute approximate surface area is 164 Å². The van der Waals surface area contributed by atoms with Crippen LogP contribution in [0.1, 0.15) is 75.8 Å². The van der Waals surface area contributed by atoms with Crippen LogP contribution in [0.4, 0.5) is 0 Å². The molecule has 1 unspecified atom stereocenters. The fourth-order valence-corrected chi connectivity index (χ4v) is 4.10. The summed E-state index contributed by atoms with van der Waals surface area (Å²) in [5.74, 6) is 0.720. The highest BCUT2D eigenvalue weighted by molar-refractivity contribution is 5.86. The summed E-state index contributed by atoms with van der Waals surface area (Å²) in [5.41, 5.74) is 3.30. The summed E-state index contributed by atoms with van der Waals surface area (Å²) in [7, 11) is 0. The van der Waals surface area contributed by atoms with Crippen LogP contribution in [0.25, 0.3) is 0 Å². The van der Waals surface area contributed by atoms with Crippen LogP contribution in [0.15, 0.2) is 36.4 Å². The molecule has 0 radical (unpaired) electrons. The van der Waals surface area contributed by atoms with Gasteiger partial charge < -0.3 is 9.84 Å². The third-order valence-electron chi connectivity index (χ3n) is 5.97. The number of aliphatic hydroxyl groups is 1. The lowest BCUT2D eigenvalue weighted by molar-refractivity contribution is -0.141. The monoisotopic (exact) mass is 372 g/mol. The summed E-state index contributed by atoms with van der Waals surface area (Å²) < 4.78 is 5.28. The van der Waals surface area contributed by atoms with Gasteiger partial charge in [-0.1, -0.05) is 50.6 Å². The van der Waals surface area contributed by atoms with E-state index in [0.717, 1.165) is 25.7 Å². The Morgan fingerprint density at radius 1 is 1.19 bits per heavy atom. The number of hydrogen-bond acceptors (Lipinski definition) is 3. The maximum atomic E-state index is 11.6. The number of hydrogen-bond donors (Lipinski definition) is 1. The lowest BCUT2D eigenvalue weighted by Crippen LogP contribution is -2.28. The normalized spacial score (nSPS) is 20.9. The maximum Gasteiger partial charge on any atom is 0.333 e. The van der Waals surface area contributed by atoms with Crippen LogP contribution in [-0.4, -0.2) is 24.3 Å². The van der Waals surface area contributed by atoms with Crippen LogP contribution in [0.2, 0.25) is 0 Å². The number of ether oxygens (including phenoxy) is 1. The molecule has 3 nitrogen and oxygen atoms in total. The zero-order valence-electron chi connectivity index (χ0n) is 17.1. The van der Waals surface area contributed by atoms with E-state index in [2.05, 4.69) is 37.8 Å². The summed E-state index contributed by atoms with van der Waals surface area (Å²) in [4.78, 5) is 11.6. The van der Waals surface area contributed by atoms with E-state index in [0.29, 0.717) is 24.0 Å². The molecule has 27 heavy (non-hydrogen) atoms. The van der Waals surface area contributed by atoms with Crippen LogP contribution in [0.5, 0.6) is 0 Å². The van der Waals surface area contributed by atoms with Crippen LogP contribution < -0.4 is 0 Å². The van der Waals surface area contributed by atoms with E-state index in [1.54, 1.807) is 6.92 Å². The number of aliphatic hydroxyl groups excluding tert-OH is 1. The SMILES string of the molecule is C=C(C)C(=O)OCC(CO)C1CCC(c2ccc(CCCCC)cc2)CC1. The summed E-state index contributed by atoms with van der Waals surface area (Å²) >= 11 is 0. The van der Waals surface area contributed by atoms with E-state index < -0.39 is 0 Å². The van der Waals surface area contributed by atoms with E-state index >= 15 is 0 Å². The second kappa shape index (κ2) is 11.3. The van der Waals surface area contributed by atoms with E-state index in [4.69, 9.17) is 4.74 Å². The zero-order valence-corrected chi connectivity index (χ0v) is 17.1. The first-order chi connectivity index (χ1) is 13.0. The van der Waals surface area contributed by atoms with Gasteiger partial charge in [-0.3, -0.25) is 0 Å². The molecule has 0 amide bonds. The Bertz CT molecular complexity index is 582. The first-order valence-electron chi connectivity index (χ1n) is 10.6. The topological polar surface area (TPSA) is 46.5 Å². The second-order valence-corrected chi connectivity index (χ2v) is 8.13. The van der Waals surface area contributed by atoms with Gasteiger partial charge in [-0.2, -0.15) is 0 Å². The third kappa shape index (κ3) is 6.80. The lowest BCUT2D eigenvalue weighted by Gasteiger charge is -2.33. The molecule has 1 aliphatic carbocycles. The van der Waals surface area contributed by atoms with Gasteiger partial charge in [0.05, 0.1) is 6.61 Å². The molecule has 1 saturated carbocycles. The number of carbonyl (C=O) groups is 1. The van der Waals surface area contributed by atoms with Gasteiger partial charge in [0.15, 0.2) is 0 Å². The maximum absolute atomic E-state index is 11.6. The van der Waals surface area contributed by atoms with Crippen LogP contribution in [0, 0.1) is 11.8 Å². The van der Waals surface area contributed by atoms with Gasteiger partial charge in [0, 0.05) is 18.1 Å². The Kier molecular flexibility index (Phi) is 9.06. The van der Waals surface area contributed by atoms with E-state index in [1.807, 2.05) is 0 Å². The first kappa shape index (κ1) is 21.7. The van der Waals surface area contributed by atoms with Gasteiger partial charge in [0.2, 0.25) is 0 Å². The molecule has 2 rings (SSSR count). The molecule has 1 atom stereocenters. The Hall–Kier alpha value is -1.61. The summed E-state index contributed by atoms with van der Waals surface area (Å²) in [6.07, 6.45) is 9.48. The molecule has 0 aromatic heterocycles. The largest absolute Gasteiger partial charge is 0.462 e. The van der Waals surface area contributed by atoms with Crippen molar-refractivity contribution in [1.82, 2.24) is 0 Å². The molecule has 1 aliphatic rings. The molecule has 1 aromatic carbocycles. The Morgan fingerprint density at radius 3 is 2.41 bits per heavy atom. The molecule has 1 aromatic rings. The molecule has 0 aliphatic heterocycles. The molecule has 0 saturated heterocycles. The van der Waals surface area contributed by atoms with Crippen molar-refractivity contribution >= 4 is 5.97 Å². The van der Waals surface area contributed by atoms with Crippen molar-refractivity contribution in [2.24, 2.45) is 11.8 Å². The molecule has 1 N–H and O–H groups in total. The average Bonchev–Trinajstić information content (AvgIpc) is 2.69. The van der Waals surface area contributed by atoms with Crippen molar-refractivity contribution in [2.45, 2.75) is 71.1 Å². The average molecular weight is 373 g/mol. The minimum Gasteiger partial charge on any atom is -0.462 e. The van der Waals surface area contributed by atoms with Gasteiger partial charge in [-0.25, -0.2) is 4.79 Å². The minimum absolute atomic E-state index is 0.0372. The van der Waals surface area contributed by atoms with E-state index in [1.165, 1.54) is 36.8 Å². The van der Waals surface area contributed by atoms with Gasteiger partial charge in [-0.15, -0.1) is 0 Å². The number of unbranched alkanes of at least 4 members (excludes halogenated alkanes) is 2. The molecule has 1 fully saturated rings.